The summed E-state index contributed by atoms with van der Waals surface area (Å²) in [6.45, 7) is 4.63. The van der Waals surface area contributed by atoms with E-state index in [1.165, 1.54) is 0 Å². The fourth-order valence-corrected chi connectivity index (χ4v) is 5.06. The van der Waals surface area contributed by atoms with Gasteiger partial charge in [-0.3, -0.25) is 19.4 Å². The Kier molecular flexibility index (Phi) is 8.89. The Morgan fingerprint density at radius 3 is 2.53 bits per heavy atom. The molecule has 0 unspecified atom stereocenters. The number of carbonyl (C=O) groups excluding carboxylic acids is 3. The zero-order valence-electron chi connectivity index (χ0n) is 22.3. The lowest BCUT2D eigenvalue weighted by atomic mass is 9.97. The fraction of sp³-hybridized carbons (Fsp3) is 0.355. The summed E-state index contributed by atoms with van der Waals surface area (Å²) >= 11 is 0. The summed E-state index contributed by atoms with van der Waals surface area (Å²) in [4.78, 5) is 47.8. The number of carbonyl (C=O) groups is 3. The summed E-state index contributed by atoms with van der Waals surface area (Å²) < 4.78 is 0. The predicted octanol–water partition coefficient (Wildman–Crippen LogP) is 4.08. The van der Waals surface area contributed by atoms with Crippen molar-refractivity contribution in [1.29, 1.82) is 0 Å². The van der Waals surface area contributed by atoms with Crippen LogP contribution in [-0.4, -0.2) is 64.7 Å². The molecule has 38 heavy (non-hydrogen) atoms. The van der Waals surface area contributed by atoms with Gasteiger partial charge in [-0.1, -0.05) is 68.5 Å². The first-order valence-corrected chi connectivity index (χ1v) is 13.2. The van der Waals surface area contributed by atoms with Crippen LogP contribution in [0.5, 0.6) is 0 Å². The molecule has 1 aliphatic heterocycles. The second-order valence-corrected chi connectivity index (χ2v) is 10.2. The molecule has 0 saturated carbocycles. The summed E-state index contributed by atoms with van der Waals surface area (Å²) in [6, 6.07) is 16.6. The van der Waals surface area contributed by atoms with E-state index in [2.05, 4.69) is 16.4 Å². The summed E-state index contributed by atoms with van der Waals surface area (Å²) in [5, 5.41) is 4.95. The molecule has 1 fully saturated rings. The highest BCUT2D eigenvalue weighted by Crippen LogP contribution is 2.24. The molecular weight excluding hydrogens is 476 g/mol. The molecule has 1 N–H and O–H groups in total. The second kappa shape index (κ2) is 12.5. The number of hydrogen-bond donors (Lipinski definition) is 1. The van der Waals surface area contributed by atoms with E-state index in [1.54, 1.807) is 29.2 Å². The largest absolute Gasteiger partial charge is 0.357 e. The standard InChI is InChI=1S/C31H36N4O3/c1-22(2)19-28-31(38)35(18-14-29(36)34(28)17-6-7-23-12-15-33-16-13-23)27(30(37)32-3)21-24-10-11-25-8-4-5-9-26(25)20-24/h4-13,15-16,20,22,27-28H,14,17-19,21H2,1-3H3,(H,32,37)/b7-6+/t27-,28-/m0/s1. The van der Waals surface area contributed by atoms with E-state index in [-0.39, 0.29) is 36.6 Å². The van der Waals surface area contributed by atoms with Gasteiger partial charge < -0.3 is 15.1 Å². The van der Waals surface area contributed by atoms with Crippen LogP contribution in [0.25, 0.3) is 16.8 Å². The van der Waals surface area contributed by atoms with Crippen molar-refractivity contribution >= 4 is 34.6 Å². The molecule has 0 spiro atoms. The molecule has 1 aromatic heterocycles. The lowest BCUT2D eigenvalue weighted by Crippen LogP contribution is -2.55. The van der Waals surface area contributed by atoms with Crippen molar-refractivity contribution in [1.82, 2.24) is 20.1 Å². The Balaban J connectivity index is 1.61. The molecule has 4 rings (SSSR count). The van der Waals surface area contributed by atoms with Crippen molar-refractivity contribution in [3.63, 3.8) is 0 Å². The number of fused-ring (bicyclic) bond motifs is 1. The van der Waals surface area contributed by atoms with E-state index < -0.39 is 12.1 Å². The Labute approximate surface area is 224 Å². The van der Waals surface area contributed by atoms with Crippen LogP contribution in [-0.2, 0) is 20.8 Å². The Morgan fingerprint density at radius 1 is 1.08 bits per heavy atom. The summed E-state index contributed by atoms with van der Waals surface area (Å²) in [7, 11) is 1.59. The van der Waals surface area contributed by atoms with Crippen LogP contribution in [0.1, 0.15) is 37.8 Å². The van der Waals surface area contributed by atoms with Gasteiger partial charge in [-0.25, -0.2) is 0 Å². The van der Waals surface area contributed by atoms with Crippen LogP contribution in [0.15, 0.2) is 73.1 Å². The Hall–Kier alpha value is -4.00. The molecule has 1 aliphatic rings. The van der Waals surface area contributed by atoms with Crippen LogP contribution >= 0.6 is 0 Å². The molecule has 2 heterocycles. The maximum atomic E-state index is 14.1. The number of aromatic nitrogens is 1. The number of nitrogens with one attached hydrogen (secondary N) is 1. The van der Waals surface area contributed by atoms with E-state index in [0.717, 1.165) is 21.9 Å². The number of amides is 3. The molecule has 0 bridgehead atoms. The molecule has 7 nitrogen and oxygen atoms in total. The highest BCUT2D eigenvalue weighted by molar-refractivity contribution is 5.94. The Morgan fingerprint density at radius 2 is 1.82 bits per heavy atom. The van der Waals surface area contributed by atoms with Gasteiger partial charge in [0.05, 0.1) is 0 Å². The number of nitrogens with zero attached hydrogens (tertiary/aromatic N) is 3. The first-order chi connectivity index (χ1) is 18.4. The summed E-state index contributed by atoms with van der Waals surface area (Å²) in [5.41, 5.74) is 1.95. The molecular formula is C31H36N4O3. The van der Waals surface area contributed by atoms with Crippen molar-refractivity contribution < 1.29 is 14.4 Å². The second-order valence-electron chi connectivity index (χ2n) is 10.2. The van der Waals surface area contributed by atoms with Crippen LogP contribution in [0, 0.1) is 5.92 Å². The van der Waals surface area contributed by atoms with Gasteiger partial charge in [-0.2, -0.15) is 0 Å². The smallest absolute Gasteiger partial charge is 0.246 e. The van der Waals surface area contributed by atoms with Gasteiger partial charge in [-0.05, 0) is 46.4 Å². The lowest BCUT2D eigenvalue weighted by molar-refractivity contribution is -0.145. The molecule has 2 aromatic carbocycles. The van der Waals surface area contributed by atoms with E-state index in [0.29, 0.717) is 19.4 Å². The summed E-state index contributed by atoms with van der Waals surface area (Å²) in [5.74, 6) is -0.279. The van der Waals surface area contributed by atoms with Gasteiger partial charge in [0.1, 0.15) is 12.1 Å². The van der Waals surface area contributed by atoms with Gasteiger partial charge in [0.15, 0.2) is 0 Å². The molecule has 2 atom stereocenters. The monoisotopic (exact) mass is 512 g/mol. The molecule has 1 saturated heterocycles. The van der Waals surface area contributed by atoms with E-state index in [9.17, 15) is 14.4 Å². The molecule has 0 aliphatic carbocycles. The highest BCUT2D eigenvalue weighted by Gasteiger charge is 2.40. The third-order valence-corrected chi connectivity index (χ3v) is 7.01. The molecule has 0 radical (unpaired) electrons. The first-order valence-electron chi connectivity index (χ1n) is 13.2. The number of likely N-dealkylation sites (N-methyl/N-ethyl adjacent to an activating group) is 1. The van der Waals surface area contributed by atoms with Crippen molar-refractivity contribution in [3.8, 4) is 0 Å². The van der Waals surface area contributed by atoms with Crippen LogP contribution < -0.4 is 5.32 Å². The quantitative estimate of drug-likeness (QED) is 0.468. The number of hydrogen-bond acceptors (Lipinski definition) is 4. The van der Waals surface area contributed by atoms with Crippen molar-refractivity contribution in [2.75, 3.05) is 20.1 Å². The third kappa shape index (κ3) is 6.46. The molecule has 3 amide bonds. The zero-order chi connectivity index (χ0) is 27.1. The molecule has 3 aromatic rings. The third-order valence-electron chi connectivity index (χ3n) is 7.01. The lowest BCUT2D eigenvalue weighted by Gasteiger charge is -2.34. The van der Waals surface area contributed by atoms with Crippen molar-refractivity contribution in [3.05, 3.63) is 84.2 Å². The van der Waals surface area contributed by atoms with Crippen LogP contribution in [0.3, 0.4) is 0 Å². The van der Waals surface area contributed by atoms with Crippen molar-refractivity contribution in [2.45, 2.75) is 45.2 Å². The Bertz CT molecular complexity index is 1300. The SMILES string of the molecule is CNC(=O)[C@H](Cc1ccc2ccccc2c1)N1CCC(=O)N(C/C=C/c2ccncc2)[C@@H](CC(C)C)C1=O. The van der Waals surface area contributed by atoms with Gasteiger partial charge >= 0.3 is 0 Å². The summed E-state index contributed by atoms with van der Waals surface area (Å²) in [6.07, 6.45) is 8.36. The van der Waals surface area contributed by atoms with E-state index >= 15 is 0 Å². The maximum Gasteiger partial charge on any atom is 0.246 e. The minimum Gasteiger partial charge on any atom is -0.357 e. The normalized spacial score (nSPS) is 17.3. The molecule has 198 valence electrons. The minimum absolute atomic E-state index is 0.0766. The van der Waals surface area contributed by atoms with Gasteiger partial charge in [0.25, 0.3) is 0 Å². The van der Waals surface area contributed by atoms with E-state index in [4.69, 9.17) is 0 Å². The number of pyridine rings is 1. The zero-order valence-corrected chi connectivity index (χ0v) is 22.3. The topological polar surface area (TPSA) is 82.6 Å². The predicted molar refractivity (Wildman–Crippen MR) is 150 cm³/mol. The minimum atomic E-state index is -0.705. The number of rotatable bonds is 9. The highest BCUT2D eigenvalue weighted by atomic mass is 16.2. The molecule has 7 heteroatoms. The van der Waals surface area contributed by atoms with Gasteiger partial charge in [0, 0.05) is 45.4 Å². The number of benzene rings is 2. The average molecular weight is 513 g/mol. The average Bonchev–Trinajstić information content (AvgIpc) is 3.03. The van der Waals surface area contributed by atoms with E-state index in [1.807, 2.05) is 74.5 Å². The fourth-order valence-electron chi connectivity index (χ4n) is 5.06. The first kappa shape index (κ1) is 27.0. The van der Waals surface area contributed by atoms with Crippen LogP contribution in [0.4, 0.5) is 0 Å². The maximum absolute atomic E-state index is 14.1. The van der Waals surface area contributed by atoms with Crippen molar-refractivity contribution in [2.24, 2.45) is 5.92 Å². The van der Waals surface area contributed by atoms with Gasteiger partial charge in [0.2, 0.25) is 17.7 Å². The van der Waals surface area contributed by atoms with Crippen LogP contribution in [0.2, 0.25) is 0 Å². The van der Waals surface area contributed by atoms with Gasteiger partial charge in [-0.15, -0.1) is 0 Å².